The number of oxazole rings is 1. The lowest BCUT2D eigenvalue weighted by atomic mass is 9.96. The molecule has 0 unspecified atom stereocenters. The number of nitrogens with one attached hydrogen (secondary N) is 2. The summed E-state index contributed by atoms with van der Waals surface area (Å²) in [6.45, 7) is 5.70. The third kappa shape index (κ3) is 5.16. The van der Waals surface area contributed by atoms with E-state index in [0.29, 0.717) is 17.3 Å². The number of hydrogen-bond acceptors (Lipinski definition) is 5. The molecule has 26 heavy (non-hydrogen) atoms. The molecule has 2 atom stereocenters. The molecule has 0 aliphatic carbocycles. The molecule has 1 heterocycles. The topological polar surface area (TPSA) is 104 Å². The van der Waals surface area contributed by atoms with Crippen molar-refractivity contribution < 1.29 is 19.2 Å². The predicted octanol–water partition coefficient (Wildman–Crippen LogP) is 2.62. The second kappa shape index (κ2) is 9.15. The first-order chi connectivity index (χ1) is 12.4. The Bertz CT molecular complexity index is 742. The van der Waals surface area contributed by atoms with Gasteiger partial charge in [-0.15, -0.1) is 0 Å². The van der Waals surface area contributed by atoms with Gasteiger partial charge >= 0.3 is 0 Å². The van der Waals surface area contributed by atoms with Gasteiger partial charge in [-0.3, -0.25) is 14.8 Å². The van der Waals surface area contributed by atoms with Gasteiger partial charge in [0, 0.05) is 18.0 Å². The van der Waals surface area contributed by atoms with Crippen LogP contribution in [0.4, 0.5) is 0 Å². The molecule has 3 N–H and O–H groups in total. The van der Waals surface area contributed by atoms with Crippen molar-refractivity contribution in [1.29, 1.82) is 0 Å². The van der Waals surface area contributed by atoms with Gasteiger partial charge in [0.05, 0.1) is 12.1 Å². The van der Waals surface area contributed by atoms with Crippen molar-refractivity contribution in [2.24, 2.45) is 5.92 Å². The molecule has 140 valence electrons. The highest BCUT2D eigenvalue weighted by molar-refractivity contribution is 5.80. The Morgan fingerprint density at radius 2 is 1.92 bits per heavy atom. The zero-order valence-electron chi connectivity index (χ0n) is 15.3. The van der Waals surface area contributed by atoms with Crippen LogP contribution in [0.25, 0.3) is 11.5 Å². The Labute approximate surface area is 152 Å². The molecule has 1 aromatic carbocycles. The fraction of sp³-hybridized carbons (Fsp3) is 0.421. The molecule has 7 nitrogen and oxygen atoms in total. The zero-order valence-corrected chi connectivity index (χ0v) is 15.3. The van der Waals surface area contributed by atoms with Crippen LogP contribution >= 0.6 is 0 Å². The maximum Gasteiger partial charge on any atom is 0.245 e. The summed E-state index contributed by atoms with van der Waals surface area (Å²) in [5.41, 5.74) is 3.02. The van der Waals surface area contributed by atoms with Crippen LogP contribution in [0.1, 0.15) is 38.1 Å². The third-order valence-corrected chi connectivity index (χ3v) is 4.45. The zero-order chi connectivity index (χ0) is 19.1. The third-order valence-electron chi connectivity index (χ3n) is 4.45. The van der Waals surface area contributed by atoms with E-state index in [9.17, 15) is 9.59 Å². The van der Waals surface area contributed by atoms with Crippen molar-refractivity contribution in [3.8, 4) is 11.5 Å². The number of nitrogens with zero attached hydrogens (tertiary/aromatic N) is 1. The molecule has 7 heteroatoms. The highest BCUT2D eigenvalue weighted by Crippen LogP contribution is 2.21. The summed E-state index contributed by atoms with van der Waals surface area (Å²) in [7, 11) is 0. The maximum absolute atomic E-state index is 12.4. The summed E-state index contributed by atoms with van der Waals surface area (Å²) in [5, 5.41) is 11.6. The molecule has 0 saturated carbocycles. The number of amides is 2. The van der Waals surface area contributed by atoms with E-state index in [1.165, 1.54) is 0 Å². The summed E-state index contributed by atoms with van der Waals surface area (Å²) in [6, 6.07) is 9.11. The normalized spacial score (nSPS) is 13.1. The number of rotatable bonds is 8. The minimum Gasteiger partial charge on any atom is -0.441 e. The second-order valence-electron chi connectivity index (χ2n) is 6.36. The Hall–Kier alpha value is -2.67. The first-order valence-electron chi connectivity index (χ1n) is 8.68. The predicted molar refractivity (Wildman–Crippen MR) is 96.3 cm³/mol. The van der Waals surface area contributed by atoms with Crippen molar-refractivity contribution in [3.05, 3.63) is 41.8 Å². The molecule has 1 aromatic heterocycles. The largest absolute Gasteiger partial charge is 0.441 e. The van der Waals surface area contributed by atoms with Gasteiger partial charge in [-0.1, -0.05) is 38.5 Å². The molecular formula is C19H25N3O4. The lowest BCUT2D eigenvalue weighted by molar-refractivity contribution is -0.130. The van der Waals surface area contributed by atoms with Crippen molar-refractivity contribution in [2.75, 3.05) is 0 Å². The molecule has 0 saturated heterocycles. The Balaban J connectivity index is 2.06. The van der Waals surface area contributed by atoms with Crippen LogP contribution < -0.4 is 10.8 Å². The molecular weight excluding hydrogens is 334 g/mol. The van der Waals surface area contributed by atoms with Gasteiger partial charge in [0.25, 0.3) is 0 Å². The average Bonchev–Trinajstić information content (AvgIpc) is 3.01. The molecule has 0 fully saturated rings. The van der Waals surface area contributed by atoms with Gasteiger partial charge in [0.1, 0.15) is 5.76 Å². The van der Waals surface area contributed by atoms with E-state index in [4.69, 9.17) is 9.62 Å². The summed E-state index contributed by atoms with van der Waals surface area (Å²) in [6.07, 6.45) is 0.880. The number of hydroxylamine groups is 1. The standard InChI is InChI=1S/C19H25N3O4/c1-4-12(2)15(10-18(24)22-25)20-17(23)11-16-13(3)26-19(21-16)14-8-6-5-7-9-14/h5-9,12,15,25H,4,10-11H2,1-3H3,(H,20,23)(H,22,24)/t12-,15+/m0/s1. The fourth-order valence-electron chi connectivity index (χ4n) is 2.63. The highest BCUT2D eigenvalue weighted by atomic mass is 16.5. The summed E-state index contributed by atoms with van der Waals surface area (Å²) >= 11 is 0. The second-order valence-corrected chi connectivity index (χ2v) is 6.36. The first-order valence-corrected chi connectivity index (χ1v) is 8.68. The number of carbonyl (C=O) groups excluding carboxylic acids is 2. The maximum atomic E-state index is 12.4. The van der Waals surface area contributed by atoms with E-state index >= 15 is 0 Å². The quantitative estimate of drug-likeness (QED) is 0.496. The van der Waals surface area contributed by atoms with Crippen LogP contribution in [0.3, 0.4) is 0 Å². The van der Waals surface area contributed by atoms with Crippen LogP contribution in [0.5, 0.6) is 0 Å². The molecule has 0 aliphatic heterocycles. The Morgan fingerprint density at radius 3 is 2.54 bits per heavy atom. The number of aryl methyl sites for hydroxylation is 1. The van der Waals surface area contributed by atoms with E-state index in [-0.39, 0.29) is 30.7 Å². The minimum absolute atomic E-state index is 0.0182. The van der Waals surface area contributed by atoms with Gasteiger partial charge in [-0.05, 0) is 25.0 Å². The molecule has 0 radical (unpaired) electrons. The Kier molecular flexibility index (Phi) is 6.91. The Morgan fingerprint density at radius 1 is 1.23 bits per heavy atom. The minimum atomic E-state index is -0.528. The molecule has 2 rings (SSSR count). The molecule has 0 aliphatic rings. The SMILES string of the molecule is CC[C@H](C)[C@@H](CC(=O)NO)NC(=O)Cc1nc(-c2ccccc2)oc1C. The highest BCUT2D eigenvalue weighted by Gasteiger charge is 2.23. The van der Waals surface area contributed by atoms with Crippen LogP contribution in [0.15, 0.2) is 34.7 Å². The molecule has 0 bridgehead atoms. The number of aromatic nitrogens is 1. The van der Waals surface area contributed by atoms with E-state index < -0.39 is 5.91 Å². The fourth-order valence-corrected chi connectivity index (χ4v) is 2.63. The molecule has 0 spiro atoms. The molecule has 2 amide bonds. The van der Waals surface area contributed by atoms with Crippen LogP contribution in [-0.2, 0) is 16.0 Å². The summed E-state index contributed by atoms with van der Waals surface area (Å²) in [5.74, 6) is 0.391. The van der Waals surface area contributed by atoms with Crippen molar-refractivity contribution in [1.82, 2.24) is 15.8 Å². The first kappa shape index (κ1) is 19.7. The monoisotopic (exact) mass is 359 g/mol. The summed E-state index contributed by atoms with van der Waals surface area (Å²) < 4.78 is 5.67. The van der Waals surface area contributed by atoms with Crippen LogP contribution in [-0.4, -0.2) is 28.0 Å². The summed E-state index contributed by atoms with van der Waals surface area (Å²) in [4.78, 5) is 28.3. The van der Waals surface area contributed by atoms with Gasteiger partial charge in [0.15, 0.2) is 0 Å². The van der Waals surface area contributed by atoms with E-state index in [1.54, 1.807) is 12.4 Å². The van der Waals surface area contributed by atoms with E-state index in [2.05, 4.69) is 10.3 Å². The van der Waals surface area contributed by atoms with Gasteiger partial charge in [-0.2, -0.15) is 0 Å². The lowest BCUT2D eigenvalue weighted by Crippen LogP contribution is -2.43. The van der Waals surface area contributed by atoms with E-state index in [1.807, 2.05) is 44.2 Å². The smallest absolute Gasteiger partial charge is 0.245 e. The van der Waals surface area contributed by atoms with Crippen molar-refractivity contribution in [2.45, 2.75) is 46.1 Å². The van der Waals surface area contributed by atoms with Gasteiger partial charge < -0.3 is 9.73 Å². The number of hydrogen-bond donors (Lipinski definition) is 3. The van der Waals surface area contributed by atoms with Crippen LogP contribution in [0, 0.1) is 12.8 Å². The van der Waals surface area contributed by atoms with Crippen molar-refractivity contribution in [3.63, 3.8) is 0 Å². The lowest BCUT2D eigenvalue weighted by Gasteiger charge is -2.23. The van der Waals surface area contributed by atoms with Crippen LogP contribution in [0.2, 0.25) is 0 Å². The molecule has 2 aromatic rings. The number of benzene rings is 1. The van der Waals surface area contributed by atoms with Gasteiger partial charge in [-0.25, -0.2) is 10.5 Å². The average molecular weight is 359 g/mol. The van der Waals surface area contributed by atoms with Gasteiger partial charge in [0.2, 0.25) is 17.7 Å². The number of carbonyl (C=O) groups is 2. The van der Waals surface area contributed by atoms with Crippen molar-refractivity contribution >= 4 is 11.8 Å². The van der Waals surface area contributed by atoms with E-state index in [0.717, 1.165) is 12.0 Å².